The normalized spacial score (nSPS) is 28.9. The molecule has 4 heteroatoms. The van der Waals surface area contributed by atoms with E-state index in [1.165, 1.54) is 0 Å². The van der Waals surface area contributed by atoms with Crippen molar-refractivity contribution < 1.29 is 15.0 Å². The molecule has 0 bridgehead atoms. The molecule has 1 aliphatic heterocycles. The summed E-state index contributed by atoms with van der Waals surface area (Å²) in [5.41, 5.74) is 0. The van der Waals surface area contributed by atoms with E-state index < -0.39 is 5.97 Å². The maximum atomic E-state index is 11.1. The first-order chi connectivity index (χ1) is 7.60. The number of carboxylic acids is 1. The van der Waals surface area contributed by atoms with Crippen molar-refractivity contribution in [1.82, 2.24) is 4.90 Å². The molecule has 94 valence electrons. The molecule has 0 unspecified atom stereocenters. The Morgan fingerprint density at radius 1 is 1.50 bits per heavy atom. The number of nitrogens with zero attached hydrogens (tertiary/aromatic N) is 1. The first kappa shape index (κ1) is 13.5. The summed E-state index contributed by atoms with van der Waals surface area (Å²) >= 11 is 0. The van der Waals surface area contributed by atoms with Crippen molar-refractivity contribution in [2.75, 3.05) is 13.1 Å². The zero-order valence-corrected chi connectivity index (χ0v) is 10.2. The Hall–Kier alpha value is -0.610. The van der Waals surface area contributed by atoms with Crippen LogP contribution in [0, 0.1) is 5.92 Å². The van der Waals surface area contributed by atoms with E-state index in [2.05, 4.69) is 6.92 Å². The molecule has 2 N–H and O–H groups in total. The second kappa shape index (κ2) is 6.21. The number of aliphatic hydroxyl groups is 1. The number of carboxylic acid groups (broad SMARTS) is 1. The number of aliphatic carboxylic acids is 1. The van der Waals surface area contributed by atoms with Gasteiger partial charge in [0.2, 0.25) is 0 Å². The Morgan fingerprint density at radius 2 is 2.19 bits per heavy atom. The Kier molecular flexibility index (Phi) is 5.22. The van der Waals surface area contributed by atoms with E-state index in [0.29, 0.717) is 19.4 Å². The fourth-order valence-corrected chi connectivity index (χ4v) is 2.57. The first-order valence-corrected chi connectivity index (χ1v) is 6.25. The fraction of sp³-hybridized carbons (Fsp3) is 0.917. The van der Waals surface area contributed by atoms with Crippen LogP contribution in [0.25, 0.3) is 0 Å². The summed E-state index contributed by atoms with van der Waals surface area (Å²) in [6, 6.07) is -0.383. The molecule has 1 rings (SSSR count). The molecule has 16 heavy (non-hydrogen) atoms. The Morgan fingerprint density at radius 3 is 2.69 bits per heavy atom. The summed E-state index contributed by atoms with van der Waals surface area (Å²) in [6.07, 6.45) is 3.11. The third-order valence-corrected chi connectivity index (χ3v) is 3.50. The van der Waals surface area contributed by atoms with Crippen molar-refractivity contribution in [2.45, 2.75) is 51.7 Å². The van der Waals surface area contributed by atoms with Crippen LogP contribution < -0.4 is 0 Å². The van der Waals surface area contributed by atoms with Gasteiger partial charge in [-0.15, -0.1) is 0 Å². The Balaban J connectivity index is 2.59. The minimum atomic E-state index is -0.742. The summed E-state index contributed by atoms with van der Waals surface area (Å²) in [7, 11) is 0. The quantitative estimate of drug-likeness (QED) is 0.746. The first-order valence-electron chi connectivity index (χ1n) is 6.25. The largest absolute Gasteiger partial charge is 0.480 e. The highest BCUT2D eigenvalue weighted by molar-refractivity contribution is 5.73. The topological polar surface area (TPSA) is 60.8 Å². The van der Waals surface area contributed by atoms with Gasteiger partial charge in [0.1, 0.15) is 6.04 Å². The van der Waals surface area contributed by atoms with Gasteiger partial charge in [-0.2, -0.15) is 0 Å². The van der Waals surface area contributed by atoms with E-state index in [-0.39, 0.29) is 18.1 Å². The highest BCUT2D eigenvalue weighted by Crippen LogP contribution is 2.23. The molecule has 0 radical (unpaired) electrons. The van der Waals surface area contributed by atoms with Gasteiger partial charge >= 0.3 is 5.97 Å². The predicted octanol–water partition coefficient (Wildman–Crippen LogP) is 1.33. The number of carbonyl (C=O) groups is 1. The van der Waals surface area contributed by atoms with Gasteiger partial charge in [0, 0.05) is 13.1 Å². The smallest absolute Gasteiger partial charge is 0.320 e. The molecule has 3 atom stereocenters. The lowest BCUT2D eigenvalue weighted by atomic mass is 9.89. The number of hydrogen-bond acceptors (Lipinski definition) is 3. The number of hydrogen-bond donors (Lipinski definition) is 2. The van der Waals surface area contributed by atoms with Crippen LogP contribution in [0.5, 0.6) is 0 Å². The average molecular weight is 229 g/mol. The van der Waals surface area contributed by atoms with Crippen LogP contribution in [0.2, 0.25) is 0 Å². The SMILES string of the molecule is CCC[C@@H]1CN([C@H](CC)C(=O)O)CC[C@@H]1O. The van der Waals surface area contributed by atoms with E-state index in [1.54, 1.807) is 0 Å². The fourth-order valence-electron chi connectivity index (χ4n) is 2.57. The molecule has 0 aliphatic carbocycles. The molecule has 0 amide bonds. The second-order valence-electron chi connectivity index (χ2n) is 4.66. The van der Waals surface area contributed by atoms with Gasteiger partial charge in [0.25, 0.3) is 0 Å². The van der Waals surface area contributed by atoms with Crippen LogP contribution in [-0.4, -0.2) is 46.3 Å². The summed E-state index contributed by atoms with van der Waals surface area (Å²) in [5.74, 6) is -0.499. The van der Waals surface area contributed by atoms with Crippen molar-refractivity contribution in [3.05, 3.63) is 0 Å². The minimum Gasteiger partial charge on any atom is -0.480 e. The van der Waals surface area contributed by atoms with E-state index in [0.717, 1.165) is 19.4 Å². The maximum Gasteiger partial charge on any atom is 0.320 e. The maximum absolute atomic E-state index is 11.1. The van der Waals surface area contributed by atoms with Gasteiger partial charge in [-0.05, 0) is 25.2 Å². The summed E-state index contributed by atoms with van der Waals surface area (Å²) < 4.78 is 0. The standard InChI is InChI=1S/C12H23NO3/c1-3-5-9-8-13(7-6-11(9)14)10(4-2)12(15)16/h9-11,14H,3-8H2,1-2H3,(H,15,16)/t9-,10-,11+/m1/s1. The molecule has 1 aliphatic rings. The summed E-state index contributed by atoms with van der Waals surface area (Å²) in [5, 5.41) is 18.9. The van der Waals surface area contributed by atoms with Gasteiger partial charge < -0.3 is 10.2 Å². The van der Waals surface area contributed by atoms with Crippen molar-refractivity contribution in [2.24, 2.45) is 5.92 Å². The number of piperidine rings is 1. The van der Waals surface area contributed by atoms with Crippen LogP contribution in [0.3, 0.4) is 0 Å². The zero-order chi connectivity index (χ0) is 12.1. The molecule has 0 saturated carbocycles. The summed E-state index contributed by atoms with van der Waals surface area (Å²) in [4.78, 5) is 13.1. The number of rotatable bonds is 5. The van der Waals surface area contributed by atoms with Gasteiger partial charge in [-0.1, -0.05) is 20.3 Å². The molecule has 4 nitrogen and oxygen atoms in total. The lowest BCUT2D eigenvalue weighted by Crippen LogP contribution is -2.50. The minimum absolute atomic E-state index is 0.243. The van der Waals surface area contributed by atoms with Gasteiger partial charge in [-0.3, -0.25) is 9.69 Å². The van der Waals surface area contributed by atoms with Crippen molar-refractivity contribution in [3.8, 4) is 0 Å². The lowest BCUT2D eigenvalue weighted by Gasteiger charge is -2.38. The highest BCUT2D eigenvalue weighted by atomic mass is 16.4. The third kappa shape index (κ3) is 3.19. The average Bonchev–Trinajstić information content (AvgIpc) is 2.23. The van der Waals surface area contributed by atoms with Crippen molar-refractivity contribution in [1.29, 1.82) is 0 Å². The predicted molar refractivity (Wildman–Crippen MR) is 62.3 cm³/mol. The Bertz CT molecular complexity index is 232. The third-order valence-electron chi connectivity index (χ3n) is 3.50. The van der Waals surface area contributed by atoms with E-state index in [4.69, 9.17) is 5.11 Å². The van der Waals surface area contributed by atoms with Gasteiger partial charge in [0.15, 0.2) is 0 Å². The van der Waals surface area contributed by atoms with Crippen molar-refractivity contribution >= 4 is 5.97 Å². The Labute approximate surface area is 97.3 Å². The molecule has 1 fully saturated rings. The van der Waals surface area contributed by atoms with Gasteiger partial charge in [0.05, 0.1) is 6.10 Å². The van der Waals surface area contributed by atoms with E-state index >= 15 is 0 Å². The van der Waals surface area contributed by atoms with Crippen LogP contribution >= 0.6 is 0 Å². The molecular weight excluding hydrogens is 206 g/mol. The second-order valence-corrected chi connectivity index (χ2v) is 4.66. The van der Waals surface area contributed by atoms with Crippen LogP contribution in [-0.2, 0) is 4.79 Å². The molecular formula is C12H23NO3. The monoisotopic (exact) mass is 229 g/mol. The molecule has 1 heterocycles. The zero-order valence-electron chi connectivity index (χ0n) is 10.2. The molecule has 0 aromatic carbocycles. The molecule has 0 spiro atoms. The summed E-state index contributed by atoms with van der Waals surface area (Å²) in [6.45, 7) is 5.42. The van der Waals surface area contributed by atoms with E-state index in [1.807, 2.05) is 11.8 Å². The lowest BCUT2D eigenvalue weighted by molar-refractivity contribution is -0.145. The van der Waals surface area contributed by atoms with Crippen LogP contribution in [0.15, 0.2) is 0 Å². The molecule has 0 aromatic rings. The molecule has 1 saturated heterocycles. The van der Waals surface area contributed by atoms with Crippen LogP contribution in [0.4, 0.5) is 0 Å². The number of likely N-dealkylation sites (tertiary alicyclic amines) is 1. The number of aliphatic hydroxyl groups excluding tert-OH is 1. The van der Waals surface area contributed by atoms with Crippen molar-refractivity contribution in [3.63, 3.8) is 0 Å². The van der Waals surface area contributed by atoms with Gasteiger partial charge in [-0.25, -0.2) is 0 Å². The molecule has 0 aromatic heterocycles. The van der Waals surface area contributed by atoms with E-state index in [9.17, 15) is 9.90 Å². The van der Waals surface area contributed by atoms with Crippen LogP contribution in [0.1, 0.15) is 39.5 Å². The highest BCUT2D eigenvalue weighted by Gasteiger charge is 2.32.